The lowest BCUT2D eigenvalue weighted by Gasteiger charge is -2.07. The summed E-state index contributed by atoms with van der Waals surface area (Å²) in [5.41, 5.74) is 5.10. The Morgan fingerprint density at radius 3 is 2.76 bits per heavy atom. The van der Waals surface area contributed by atoms with Crippen molar-refractivity contribution in [3.63, 3.8) is 0 Å². The Kier molecular flexibility index (Phi) is 3.76. The predicted molar refractivity (Wildman–Crippen MR) is 84.5 cm³/mol. The van der Waals surface area contributed by atoms with Crippen LogP contribution in [0.1, 0.15) is 27.2 Å². The maximum Gasteiger partial charge on any atom is 0.251 e. The molecule has 0 unspecified atom stereocenters. The van der Waals surface area contributed by atoms with E-state index in [2.05, 4.69) is 16.4 Å². The van der Waals surface area contributed by atoms with Crippen LogP contribution in [0.4, 0.5) is 0 Å². The molecular weight excluding hydrogens is 284 g/mol. The lowest BCUT2D eigenvalue weighted by atomic mass is 10.0. The van der Waals surface area contributed by atoms with Crippen molar-refractivity contribution in [1.29, 1.82) is 0 Å². The highest BCUT2D eigenvalue weighted by molar-refractivity contribution is 6.30. The molecule has 3 nitrogen and oxygen atoms in total. The van der Waals surface area contributed by atoms with E-state index in [-0.39, 0.29) is 5.91 Å². The van der Waals surface area contributed by atoms with Crippen LogP contribution >= 0.6 is 11.6 Å². The molecule has 0 spiro atoms. The van der Waals surface area contributed by atoms with E-state index in [4.69, 9.17) is 11.6 Å². The third-order valence-electron chi connectivity index (χ3n) is 3.65. The van der Waals surface area contributed by atoms with Crippen LogP contribution < -0.4 is 5.32 Å². The fourth-order valence-corrected chi connectivity index (χ4v) is 2.74. The first-order valence-electron chi connectivity index (χ1n) is 6.81. The first-order valence-corrected chi connectivity index (χ1v) is 7.19. The van der Waals surface area contributed by atoms with E-state index in [9.17, 15) is 4.79 Å². The zero-order valence-corrected chi connectivity index (χ0v) is 12.4. The number of allylic oxidation sites excluding steroid dienone is 1. The fourth-order valence-electron chi connectivity index (χ4n) is 2.62. The molecule has 0 saturated carbocycles. The number of rotatable bonds is 3. The lowest BCUT2D eigenvalue weighted by Crippen LogP contribution is -2.19. The molecule has 1 heterocycles. The van der Waals surface area contributed by atoms with Crippen molar-refractivity contribution in [3.05, 3.63) is 69.5 Å². The molecule has 21 heavy (non-hydrogen) atoms. The molecule has 2 aromatic rings. The molecule has 0 atom stereocenters. The van der Waals surface area contributed by atoms with Gasteiger partial charge in [-0.05, 0) is 48.2 Å². The number of nitrogens with zero attached hydrogens (tertiary/aromatic N) is 1. The maximum absolute atomic E-state index is 11.9. The summed E-state index contributed by atoms with van der Waals surface area (Å²) in [6, 6.07) is 9.62. The van der Waals surface area contributed by atoms with Crippen LogP contribution in [0, 0.1) is 0 Å². The van der Waals surface area contributed by atoms with Crippen LogP contribution in [-0.2, 0) is 12.8 Å². The van der Waals surface area contributed by atoms with Gasteiger partial charge >= 0.3 is 0 Å². The minimum absolute atomic E-state index is 0.0604. The number of halogens is 1. The molecule has 4 heteroatoms. The first kappa shape index (κ1) is 13.8. The highest BCUT2D eigenvalue weighted by atomic mass is 35.5. The number of benzene rings is 1. The van der Waals surface area contributed by atoms with Crippen molar-refractivity contribution < 1.29 is 4.79 Å². The van der Waals surface area contributed by atoms with Gasteiger partial charge in [-0.1, -0.05) is 29.3 Å². The number of pyridine rings is 1. The molecule has 3 rings (SSSR count). The fraction of sp³-hybridized carbons (Fsp3) is 0.176. The van der Waals surface area contributed by atoms with Crippen molar-refractivity contribution in [1.82, 2.24) is 10.3 Å². The van der Waals surface area contributed by atoms with E-state index in [0.29, 0.717) is 5.56 Å². The summed E-state index contributed by atoms with van der Waals surface area (Å²) in [4.78, 5) is 16.3. The Morgan fingerprint density at radius 2 is 2.05 bits per heavy atom. The number of fused-ring (bicyclic) bond motifs is 1. The molecule has 1 aromatic carbocycles. The van der Waals surface area contributed by atoms with Crippen molar-refractivity contribution in [2.45, 2.75) is 12.8 Å². The monoisotopic (exact) mass is 298 g/mol. The molecule has 0 aliphatic heterocycles. The first-order chi connectivity index (χ1) is 10.2. The summed E-state index contributed by atoms with van der Waals surface area (Å²) in [6.45, 7) is 0. The van der Waals surface area contributed by atoms with Crippen LogP contribution in [0.15, 0.2) is 42.1 Å². The molecule has 1 aromatic heterocycles. The van der Waals surface area contributed by atoms with Crippen LogP contribution in [0.5, 0.6) is 0 Å². The Bertz CT molecular complexity index is 720. The van der Waals surface area contributed by atoms with Crippen LogP contribution in [0.2, 0.25) is 5.02 Å². The summed E-state index contributed by atoms with van der Waals surface area (Å²) in [5, 5.41) is 3.42. The summed E-state index contributed by atoms with van der Waals surface area (Å²) in [7, 11) is 1.64. The number of hydrogen-bond donors (Lipinski definition) is 1. The molecule has 1 aliphatic carbocycles. The zero-order valence-electron chi connectivity index (χ0n) is 11.7. The Balaban J connectivity index is 1.83. The highest BCUT2D eigenvalue weighted by Gasteiger charge is 2.20. The summed E-state index contributed by atoms with van der Waals surface area (Å²) in [6.07, 6.45) is 5.39. The molecule has 1 aliphatic rings. The zero-order chi connectivity index (χ0) is 14.8. The van der Waals surface area contributed by atoms with E-state index < -0.39 is 0 Å². The number of carbonyl (C=O) groups is 1. The van der Waals surface area contributed by atoms with Crippen LogP contribution in [0.25, 0.3) is 6.08 Å². The second-order valence-electron chi connectivity index (χ2n) is 5.08. The number of nitrogens with one attached hydrogen (secondary N) is 1. The van der Waals surface area contributed by atoms with Crippen molar-refractivity contribution in [2.24, 2.45) is 0 Å². The minimum atomic E-state index is -0.0604. The lowest BCUT2D eigenvalue weighted by molar-refractivity contribution is 0.0962. The largest absolute Gasteiger partial charge is 0.355 e. The van der Waals surface area contributed by atoms with Crippen LogP contribution in [-0.4, -0.2) is 17.9 Å². The molecule has 1 N–H and O–H groups in total. The van der Waals surface area contributed by atoms with Gasteiger partial charge < -0.3 is 5.32 Å². The van der Waals surface area contributed by atoms with Crippen molar-refractivity contribution >= 4 is 23.6 Å². The molecule has 106 valence electrons. The van der Waals surface area contributed by atoms with E-state index in [1.165, 1.54) is 11.1 Å². The van der Waals surface area contributed by atoms with Gasteiger partial charge in [-0.25, -0.2) is 0 Å². The van der Waals surface area contributed by atoms with Gasteiger partial charge in [0.25, 0.3) is 5.91 Å². The Morgan fingerprint density at radius 1 is 1.29 bits per heavy atom. The van der Waals surface area contributed by atoms with Crippen molar-refractivity contribution in [3.8, 4) is 0 Å². The van der Waals surface area contributed by atoms with Gasteiger partial charge in [0.1, 0.15) is 0 Å². The Labute approximate surface area is 128 Å². The molecule has 1 amide bonds. The predicted octanol–water partition coefficient (Wildman–Crippen LogP) is 3.28. The van der Waals surface area contributed by atoms with E-state index in [1.807, 2.05) is 24.3 Å². The second kappa shape index (κ2) is 5.70. The van der Waals surface area contributed by atoms with Gasteiger partial charge in [-0.2, -0.15) is 0 Å². The molecule has 0 bridgehead atoms. The van der Waals surface area contributed by atoms with Gasteiger partial charge in [-0.3, -0.25) is 9.78 Å². The third-order valence-corrected chi connectivity index (χ3v) is 3.90. The average molecular weight is 299 g/mol. The van der Waals surface area contributed by atoms with E-state index in [1.54, 1.807) is 19.3 Å². The second-order valence-corrected chi connectivity index (χ2v) is 5.52. The number of amides is 1. The third kappa shape index (κ3) is 2.83. The van der Waals surface area contributed by atoms with Crippen LogP contribution in [0.3, 0.4) is 0 Å². The summed E-state index contributed by atoms with van der Waals surface area (Å²) < 4.78 is 0. The summed E-state index contributed by atoms with van der Waals surface area (Å²) in [5.74, 6) is -0.0604. The normalized spacial score (nSPS) is 12.8. The molecular formula is C17H15ClN2O. The van der Waals surface area contributed by atoms with Gasteiger partial charge in [0.05, 0.1) is 5.69 Å². The smallest absolute Gasteiger partial charge is 0.251 e. The number of hydrogen-bond acceptors (Lipinski definition) is 2. The maximum atomic E-state index is 11.9. The number of carbonyl (C=O) groups excluding carboxylic acids is 1. The molecule has 0 radical (unpaired) electrons. The standard InChI is InChI=1S/C17H15ClN2O/c1-19-17(21)14-6-7-20-16-10-12(9-15(14)16)8-11-2-4-13(18)5-3-11/h2-7,10H,8-9H2,1H3,(H,19,21). The molecule has 0 saturated heterocycles. The minimum Gasteiger partial charge on any atom is -0.355 e. The molecule has 0 fully saturated rings. The SMILES string of the molecule is CNC(=O)c1ccnc2c1CC(Cc1ccc(Cl)cc1)=C2. The quantitative estimate of drug-likeness (QED) is 0.945. The van der Waals surface area contributed by atoms with Crippen molar-refractivity contribution in [2.75, 3.05) is 7.05 Å². The van der Waals surface area contributed by atoms with Gasteiger partial charge in [0, 0.05) is 23.8 Å². The van der Waals surface area contributed by atoms with Gasteiger partial charge in [-0.15, -0.1) is 0 Å². The summed E-state index contributed by atoms with van der Waals surface area (Å²) >= 11 is 5.90. The average Bonchev–Trinajstić information content (AvgIpc) is 2.91. The number of aromatic nitrogens is 1. The highest BCUT2D eigenvalue weighted by Crippen LogP contribution is 2.28. The van der Waals surface area contributed by atoms with Gasteiger partial charge in [0.15, 0.2) is 0 Å². The van der Waals surface area contributed by atoms with E-state index >= 15 is 0 Å². The topological polar surface area (TPSA) is 42.0 Å². The van der Waals surface area contributed by atoms with E-state index in [0.717, 1.165) is 29.1 Å². The van der Waals surface area contributed by atoms with Gasteiger partial charge in [0.2, 0.25) is 0 Å². The Hall–Kier alpha value is -2.13.